The van der Waals surface area contributed by atoms with E-state index in [0.717, 1.165) is 38.1 Å². The Kier molecular flexibility index (Phi) is 43.2. The van der Waals surface area contributed by atoms with Crippen molar-refractivity contribution >= 4 is 106 Å². The number of fused-ring (bicyclic) bond motifs is 4. The van der Waals surface area contributed by atoms with E-state index in [-0.39, 0.29) is 76.5 Å². The third kappa shape index (κ3) is 24.8. The Morgan fingerprint density at radius 2 is 0.442 bits per heavy atom. The summed E-state index contributed by atoms with van der Waals surface area (Å²) in [5.41, 5.74) is 0. The van der Waals surface area contributed by atoms with Crippen molar-refractivity contribution in [1.29, 1.82) is 0 Å². The minimum Gasteiger partial charge on any atom is -0.168 e. The quantitative estimate of drug-likeness (QED) is 0.105. The zero-order chi connectivity index (χ0) is 35.2. The average molecular weight is 1120 g/mol. The fourth-order valence-electron chi connectivity index (χ4n) is 4.28. The molecule has 0 nitrogen and oxygen atoms in total. The summed E-state index contributed by atoms with van der Waals surface area (Å²) in [4.78, 5) is 0. The zero-order valence-corrected chi connectivity index (χ0v) is 44.8. The molecule has 0 saturated carbocycles. The second-order valence-electron chi connectivity index (χ2n) is 10.6. The first-order chi connectivity index (χ1) is 23.5. The van der Waals surface area contributed by atoms with Crippen molar-refractivity contribution in [3.05, 3.63) is 170 Å². The van der Waals surface area contributed by atoms with Gasteiger partial charge in [-0.1, -0.05) is 76.6 Å². The van der Waals surface area contributed by atoms with Gasteiger partial charge in [0.25, 0.3) is 0 Å². The van der Waals surface area contributed by atoms with Crippen molar-refractivity contribution in [2.24, 2.45) is 0 Å². The Morgan fingerprint density at radius 1 is 0.288 bits per heavy atom. The van der Waals surface area contributed by atoms with Crippen molar-refractivity contribution in [3.8, 4) is 0 Å². The van der Waals surface area contributed by atoms with Gasteiger partial charge in [-0.25, -0.2) is 0 Å². The van der Waals surface area contributed by atoms with E-state index in [2.05, 4.69) is 222 Å². The fraction of sp³-hybridized carbons (Fsp3) is 0.182. The molecule has 0 heterocycles. The number of rotatable bonds is 0. The SMILES string of the molecule is C[Si]C.C[Si]C.C[Si]C.C[Si]C.Cl.Cl.[Hf].[Hf].c1ccc2[cH-]ccc2c1.c1ccc2[cH-]ccc2c1.c1ccc2[cH-]ccc2c1.c1ccc2[cH-]ccc2c1. The van der Waals surface area contributed by atoms with Crippen LogP contribution >= 0.6 is 24.8 Å². The molecule has 8 radical (unpaired) electrons. The molecule has 0 atom stereocenters. The Hall–Kier alpha value is -1.49. The number of hydrogen-bond acceptors (Lipinski definition) is 0. The molecule has 0 unspecified atom stereocenters. The Bertz CT molecular complexity index is 1460. The van der Waals surface area contributed by atoms with Crippen LogP contribution in [-0.2, 0) is 51.7 Å². The van der Waals surface area contributed by atoms with Crippen LogP contribution < -0.4 is 0 Å². The van der Waals surface area contributed by atoms with Gasteiger partial charge in [0, 0.05) is 89.8 Å². The molecule has 0 N–H and O–H groups in total. The molecule has 8 rings (SSSR count). The summed E-state index contributed by atoms with van der Waals surface area (Å²) < 4.78 is 0. The van der Waals surface area contributed by atoms with E-state index in [1.807, 2.05) is 0 Å². The van der Waals surface area contributed by atoms with Crippen molar-refractivity contribution in [3.63, 3.8) is 0 Å². The molecule has 272 valence electrons. The van der Waals surface area contributed by atoms with E-state index in [1.165, 1.54) is 43.1 Å². The first-order valence-corrected chi connectivity index (χ1v) is 24.3. The smallest absolute Gasteiger partial charge is 0.0307 e. The summed E-state index contributed by atoms with van der Waals surface area (Å²) in [6.45, 7) is 17.2. The van der Waals surface area contributed by atoms with Gasteiger partial charge in [0.2, 0.25) is 0 Å². The van der Waals surface area contributed by atoms with Gasteiger partial charge in [0.15, 0.2) is 0 Å². The topological polar surface area (TPSA) is 0 Å². The molecule has 8 aromatic carbocycles. The van der Waals surface area contributed by atoms with Gasteiger partial charge in [-0.2, -0.15) is 70.1 Å². The summed E-state index contributed by atoms with van der Waals surface area (Å²) in [7, 11) is 4.33. The van der Waals surface area contributed by atoms with Gasteiger partial charge in [0.1, 0.15) is 0 Å². The Labute approximate surface area is 376 Å². The molecule has 0 saturated heterocycles. The number of hydrogen-bond donors (Lipinski definition) is 0. The summed E-state index contributed by atoms with van der Waals surface area (Å²) in [5, 5.41) is 10.6. The van der Waals surface area contributed by atoms with Gasteiger partial charge < -0.3 is 0 Å². The third-order valence-electron chi connectivity index (χ3n) is 6.19. The summed E-state index contributed by atoms with van der Waals surface area (Å²) in [6.07, 6.45) is 0. The van der Waals surface area contributed by atoms with E-state index in [1.54, 1.807) is 0 Å². The van der Waals surface area contributed by atoms with E-state index in [9.17, 15) is 0 Å². The monoisotopic (exact) mass is 1120 g/mol. The Morgan fingerprint density at radius 3 is 0.596 bits per heavy atom. The van der Waals surface area contributed by atoms with Crippen LogP contribution in [0.2, 0.25) is 52.4 Å². The molecule has 0 amide bonds. The van der Waals surface area contributed by atoms with Crippen LogP contribution in [0.3, 0.4) is 0 Å². The van der Waals surface area contributed by atoms with Crippen LogP contribution in [0.5, 0.6) is 0 Å². The van der Waals surface area contributed by atoms with Gasteiger partial charge in [-0.05, 0) is 0 Å². The summed E-state index contributed by atoms with van der Waals surface area (Å²) in [6, 6.07) is 58.7. The molecular weight excluding hydrogens is 1070 g/mol. The molecule has 0 aliphatic carbocycles. The standard InChI is InChI=1S/4C9H7.4C2H6Si.2ClH.2Hf/c4*1-2-5-9-7-3-6-8(9)4-1;4*1-3-2;;;;/h4*1-7H;4*1-2H3;2*1H;;/q4*-1;;;;;;;;. The number of benzene rings is 4. The van der Waals surface area contributed by atoms with Crippen molar-refractivity contribution in [2.45, 2.75) is 52.4 Å². The maximum atomic E-state index is 2.15. The van der Waals surface area contributed by atoms with Crippen molar-refractivity contribution in [2.75, 3.05) is 0 Å². The predicted molar refractivity (Wildman–Crippen MR) is 243 cm³/mol. The molecule has 0 spiro atoms. The van der Waals surface area contributed by atoms with Gasteiger partial charge >= 0.3 is 0 Å². The summed E-state index contributed by atoms with van der Waals surface area (Å²) >= 11 is 0. The fourth-order valence-corrected chi connectivity index (χ4v) is 4.28. The van der Waals surface area contributed by atoms with Crippen molar-refractivity contribution < 1.29 is 51.7 Å². The molecule has 8 heteroatoms. The van der Waals surface area contributed by atoms with Gasteiger partial charge in [-0.3, -0.25) is 0 Å². The largest absolute Gasteiger partial charge is 0.168 e. The van der Waals surface area contributed by atoms with Crippen LogP contribution in [0.15, 0.2) is 170 Å². The van der Waals surface area contributed by atoms with Crippen LogP contribution in [-0.4, -0.2) is 38.1 Å². The molecule has 0 aromatic heterocycles. The second-order valence-corrected chi connectivity index (χ2v) is 14.6. The van der Waals surface area contributed by atoms with Gasteiger partial charge in [-0.15, -0.1) is 143 Å². The summed E-state index contributed by atoms with van der Waals surface area (Å²) in [5.74, 6) is 0. The minimum absolute atomic E-state index is 0. The molecule has 0 fully saturated rings. The molecule has 0 aliphatic heterocycles. The second kappa shape index (κ2) is 39.2. The van der Waals surface area contributed by atoms with E-state index >= 15 is 0 Å². The maximum Gasteiger partial charge on any atom is 0.0307 e. The molecule has 8 aromatic rings. The average Bonchev–Trinajstić information content (AvgIpc) is 3.94. The molecule has 0 aliphatic rings. The molecule has 52 heavy (non-hydrogen) atoms. The van der Waals surface area contributed by atoms with Gasteiger partial charge in [0.05, 0.1) is 0 Å². The minimum atomic E-state index is 0. The van der Waals surface area contributed by atoms with Crippen LogP contribution in [0.4, 0.5) is 0 Å². The van der Waals surface area contributed by atoms with Crippen LogP contribution in [0.25, 0.3) is 43.1 Å². The molecule has 0 bridgehead atoms. The van der Waals surface area contributed by atoms with Crippen LogP contribution in [0, 0.1) is 0 Å². The first kappa shape index (κ1) is 57.2. The first-order valence-electron chi connectivity index (χ1n) is 16.3. The Balaban J connectivity index is -0.000000262. The molecular formula is C44H54Cl2Hf2Si4-4. The maximum absolute atomic E-state index is 2.15. The number of halogens is 2. The zero-order valence-electron chi connectivity index (χ0n) is 32.0. The van der Waals surface area contributed by atoms with E-state index in [0.29, 0.717) is 0 Å². The van der Waals surface area contributed by atoms with Crippen LogP contribution in [0.1, 0.15) is 0 Å². The predicted octanol–water partition coefficient (Wildman–Crippen LogP) is 14.2. The third-order valence-corrected chi connectivity index (χ3v) is 6.19. The van der Waals surface area contributed by atoms with E-state index in [4.69, 9.17) is 0 Å². The van der Waals surface area contributed by atoms with Crippen molar-refractivity contribution in [1.82, 2.24) is 0 Å². The van der Waals surface area contributed by atoms with E-state index < -0.39 is 0 Å². The normalized spacial score (nSPS) is 8.46.